The minimum Gasteiger partial charge on any atom is -0.353 e. The highest BCUT2D eigenvalue weighted by molar-refractivity contribution is 6.03. The molecule has 1 heterocycles. The van der Waals surface area contributed by atoms with E-state index in [1.807, 2.05) is 42.5 Å². The SMILES string of the molecule is CC(C)C1CC(N)N=C(NC(=O)Nc2ccc3ccccc3c2)N1. The summed E-state index contributed by atoms with van der Waals surface area (Å²) >= 11 is 0. The molecule has 2 aromatic rings. The van der Waals surface area contributed by atoms with Crippen molar-refractivity contribution in [3.8, 4) is 0 Å². The number of carbonyl (C=O) groups is 1. The number of hydrogen-bond donors (Lipinski definition) is 4. The molecule has 6 heteroatoms. The molecule has 0 aliphatic carbocycles. The van der Waals surface area contributed by atoms with Crippen LogP contribution < -0.4 is 21.7 Å². The van der Waals surface area contributed by atoms with Crippen molar-refractivity contribution in [2.45, 2.75) is 32.5 Å². The zero-order chi connectivity index (χ0) is 17.1. The summed E-state index contributed by atoms with van der Waals surface area (Å²) in [5, 5.41) is 11.0. The Kier molecular flexibility index (Phi) is 4.66. The van der Waals surface area contributed by atoms with Crippen LogP contribution in [-0.4, -0.2) is 24.2 Å². The molecule has 5 N–H and O–H groups in total. The Morgan fingerprint density at radius 3 is 2.71 bits per heavy atom. The maximum Gasteiger partial charge on any atom is 0.325 e. The van der Waals surface area contributed by atoms with E-state index >= 15 is 0 Å². The summed E-state index contributed by atoms with van der Waals surface area (Å²) in [5.41, 5.74) is 6.67. The molecule has 0 saturated heterocycles. The fraction of sp³-hybridized carbons (Fsp3) is 0.333. The second-order valence-electron chi connectivity index (χ2n) is 6.42. The second-order valence-corrected chi connectivity index (χ2v) is 6.42. The van der Waals surface area contributed by atoms with Gasteiger partial charge in [0.05, 0.1) is 0 Å². The van der Waals surface area contributed by atoms with Crippen molar-refractivity contribution >= 4 is 28.5 Å². The maximum atomic E-state index is 12.2. The van der Waals surface area contributed by atoms with Crippen molar-refractivity contribution in [1.29, 1.82) is 0 Å². The first kappa shape index (κ1) is 16.3. The van der Waals surface area contributed by atoms with E-state index in [9.17, 15) is 4.79 Å². The maximum absolute atomic E-state index is 12.2. The Morgan fingerprint density at radius 1 is 1.21 bits per heavy atom. The second kappa shape index (κ2) is 6.88. The van der Waals surface area contributed by atoms with Crippen molar-refractivity contribution in [2.75, 3.05) is 5.32 Å². The van der Waals surface area contributed by atoms with Crippen LogP contribution in [0.1, 0.15) is 20.3 Å². The molecule has 24 heavy (non-hydrogen) atoms. The highest BCUT2D eigenvalue weighted by Crippen LogP contribution is 2.18. The highest BCUT2D eigenvalue weighted by Gasteiger charge is 2.24. The van der Waals surface area contributed by atoms with Crippen LogP contribution in [0.15, 0.2) is 47.5 Å². The number of nitrogens with zero attached hydrogens (tertiary/aromatic N) is 1. The van der Waals surface area contributed by atoms with Gasteiger partial charge in [-0.05, 0) is 28.8 Å². The van der Waals surface area contributed by atoms with Crippen LogP contribution in [-0.2, 0) is 0 Å². The first-order valence-electron chi connectivity index (χ1n) is 8.18. The van der Waals surface area contributed by atoms with Crippen molar-refractivity contribution in [3.63, 3.8) is 0 Å². The summed E-state index contributed by atoms with van der Waals surface area (Å²) in [6.07, 6.45) is 0.462. The predicted octanol–water partition coefficient (Wildman–Crippen LogP) is 2.62. The summed E-state index contributed by atoms with van der Waals surface area (Å²) in [6.45, 7) is 4.23. The number of rotatable bonds is 2. The average molecular weight is 325 g/mol. The third-order valence-electron chi connectivity index (χ3n) is 4.16. The molecule has 2 aromatic carbocycles. The van der Waals surface area contributed by atoms with Gasteiger partial charge in [0.2, 0.25) is 5.96 Å². The summed E-state index contributed by atoms with van der Waals surface area (Å²) in [5.74, 6) is 0.831. The van der Waals surface area contributed by atoms with E-state index < -0.39 is 0 Å². The number of hydrogen-bond acceptors (Lipinski definition) is 4. The van der Waals surface area contributed by atoms with Gasteiger partial charge in [-0.2, -0.15) is 0 Å². The molecule has 0 aromatic heterocycles. The number of anilines is 1. The first-order chi connectivity index (χ1) is 11.5. The van der Waals surface area contributed by atoms with Gasteiger partial charge in [-0.15, -0.1) is 0 Å². The lowest BCUT2D eigenvalue weighted by Crippen LogP contribution is -2.54. The van der Waals surface area contributed by atoms with Gasteiger partial charge in [-0.1, -0.05) is 44.2 Å². The number of guanidine groups is 1. The largest absolute Gasteiger partial charge is 0.353 e. The smallest absolute Gasteiger partial charge is 0.325 e. The van der Waals surface area contributed by atoms with Gasteiger partial charge in [-0.25, -0.2) is 9.79 Å². The molecular weight excluding hydrogens is 302 g/mol. The van der Waals surface area contributed by atoms with Crippen molar-refractivity contribution < 1.29 is 4.79 Å². The van der Waals surface area contributed by atoms with E-state index in [1.54, 1.807) is 0 Å². The van der Waals surface area contributed by atoms with Crippen molar-refractivity contribution in [2.24, 2.45) is 16.6 Å². The van der Waals surface area contributed by atoms with E-state index in [0.717, 1.165) is 22.9 Å². The molecule has 3 rings (SSSR count). The number of carbonyl (C=O) groups excluding carboxylic acids is 1. The minimum atomic E-state index is -0.340. The quantitative estimate of drug-likeness (QED) is 0.684. The molecule has 0 spiro atoms. The number of urea groups is 1. The molecule has 1 aliphatic heterocycles. The highest BCUT2D eigenvalue weighted by atomic mass is 16.2. The van der Waals surface area contributed by atoms with E-state index in [4.69, 9.17) is 5.73 Å². The average Bonchev–Trinajstić information content (AvgIpc) is 2.54. The Morgan fingerprint density at radius 2 is 1.96 bits per heavy atom. The third-order valence-corrected chi connectivity index (χ3v) is 4.16. The lowest BCUT2D eigenvalue weighted by molar-refractivity contribution is 0.255. The molecule has 2 atom stereocenters. The van der Waals surface area contributed by atoms with Gasteiger partial charge < -0.3 is 16.4 Å². The molecule has 2 unspecified atom stereocenters. The van der Waals surface area contributed by atoms with E-state index in [-0.39, 0.29) is 18.2 Å². The molecule has 6 nitrogen and oxygen atoms in total. The van der Waals surface area contributed by atoms with E-state index in [0.29, 0.717) is 11.9 Å². The fourth-order valence-electron chi connectivity index (χ4n) is 2.79. The molecule has 0 saturated carbocycles. The standard InChI is InChI=1S/C18H23N5O/c1-11(2)15-10-16(19)22-17(21-15)23-18(24)20-14-8-7-12-5-3-4-6-13(12)9-14/h3-9,11,15-16H,10,19H2,1-2H3,(H3,20,21,22,23,24). The van der Waals surface area contributed by atoms with Crippen LogP contribution in [0.25, 0.3) is 10.8 Å². The normalized spacial score (nSPS) is 20.4. The van der Waals surface area contributed by atoms with E-state index in [2.05, 4.69) is 34.8 Å². The third kappa shape index (κ3) is 3.83. The lowest BCUT2D eigenvalue weighted by atomic mass is 9.99. The van der Waals surface area contributed by atoms with Crippen LogP contribution in [0, 0.1) is 5.92 Å². The Bertz CT molecular complexity index is 771. The first-order valence-corrected chi connectivity index (χ1v) is 8.18. The topological polar surface area (TPSA) is 91.5 Å². The van der Waals surface area contributed by atoms with Crippen molar-refractivity contribution in [3.05, 3.63) is 42.5 Å². The molecule has 0 bridgehead atoms. The number of amides is 2. The molecule has 126 valence electrons. The van der Waals surface area contributed by atoms with Gasteiger partial charge in [0.15, 0.2) is 0 Å². The van der Waals surface area contributed by atoms with Crippen LogP contribution in [0.4, 0.5) is 10.5 Å². The van der Waals surface area contributed by atoms with Crippen LogP contribution in [0.5, 0.6) is 0 Å². The van der Waals surface area contributed by atoms with E-state index in [1.165, 1.54) is 0 Å². The zero-order valence-electron chi connectivity index (χ0n) is 13.9. The number of nitrogens with one attached hydrogen (secondary N) is 3. The number of aliphatic imine (C=N–C) groups is 1. The van der Waals surface area contributed by atoms with Crippen LogP contribution >= 0.6 is 0 Å². The van der Waals surface area contributed by atoms with Gasteiger partial charge in [0.25, 0.3) is 0 Å². The number of benzene rings is 2. The number of nitrogens with two attached hydrogens (primary N) is 1. The predicted molar refractivity (Wildman–Crippen MR) is 97.9 cm³/mol. The minimum absolute atomic E-state index is 0.202. The summed E-state index contributed by atoms with van der Waals surface area (Å²) in [4.78, 5) is 16.5. The fourth-order valence-corrected chi connectivity index (χ4v) is 2.79. The molecule has 0 fully saturated rings. The Hall–Kier alpha value is -2.60. The molecule has 1 aliphatic rings. The monoisotopic (exact) mass is 325 g/mol. The molecular formula is C18H23N5O. The van der Waals surface area contributed by atoms with Crippen LogP contribution in [0.3, 0.4) is 0 Å². The lowest BCUT2D eigenvalue weighted by Gasteiger charge is -2.30. The zero-order valence-corrected chi connectivity index (χ0v) is 13.9. The van der Waals surface area contributed by atoms with Gasteiger partial charge in [0.1, 0.15) is 6.17 Å². The Labute approximate surface area is 141 Å². The van der Waals surface area contributed by atoms with Gasteiger partial charge in [-0.3, -0.25) is 5.32 Å². The van der Waals surface area contributed by atoms with Gasteiger partial charge >= 0.3 is 6.03 Å². The van der Waals surface area contributed by atoms with Crippen molar-refractivity contribution in [1.82, 2.24) is 10.6 Å². The van der Waals surface area contributed by atoms with Gasteiger partial charge in [0, 0.05) is 18.2 Å². The Balaban J connectivity index is 1.66. The summed E-state index contributed by atoms with van der Waals surface area (Å²) < 4.78 is 0. The summed E-state index contributed by atoms with van der Waals surface area (Å²) in [7, 11) is 0. The molecule has 0 radical (unpaired) electrons. The summed E-state index contributed by atoms with van der Waals surface area (Å²) in [6, 6.07) is 13.7. The molecule has 2 amide bonds. The van der Waals surface area contributed by atoms with Crippen LogP contribution in [0.2, 0.25) is 0 Å². The number of fused-ring (bicyclic) bond motifs is 1.